The minimum atomic E-state index is -0.407. The Balaban J connectivity index is 0. The summed E-state index contributed by atoms with van der Waals surface area (Å²) in [5, 5.41) is 24.6. The quantitative estimate of drug-likeness (QED) is 0.213. The number of aliphatic hydroxyl groups is 3. The molecular weight excluding hydrogens is 320 g/mol. The lowest BCUT2D eigenvalue weighted by atomic mass is 10.3. The minimum Gasteiger partial charge on any atom is -0.460 e. The number of carbonyl (C=O) groups is 1. The van der Waals surface area contributed by atoms with E-state index in [1.165, 1.54) is 0 Å². The average Bonchev–Trinajstić information content (AvgIpc) is 2.58. The highest BCUT2D eigenvalue weighted by Crippen LogP contribution is 1.91. The van der Waals surface area contributed by atoms with E-state index >= 15 is 0 Å². The summed E-state index contributed by atoms with van der Waals surface area (Å²) < 4.78 is 20.2. The Labute approximate surface area is 144 Å². The van der Waals surface area contributed by atoms with Crippen molar-refractivity contribution in [1.82, 2.24) is 0 Å². The van der Waals surface area contributed by atoms with Gasteiger partial charge < -0.3 is 34.3 Å². The van der Waals surface area contributed by atoms with Gasteiger partial charge in [0, 0.05) is 18.8 Å². The summed E-state index contributed by atoms with van der Waals surface area (Å²) in [6.45, 7) is 8.15. The molecule has 0 aromatic heterocycles. The van der Waals surface area contributed by atoms with E-state index in [-0.39, 0.29) is 26.4 Å². The van der Waals surface area contributed by atoms with Gasteiger partial charge in [-0.05, 0) is 19.8 Å². The molecule has 0 saturated heterocycles. The van der Waals surface area contributed by atoms with Crippen molar-refractivity contribution in [2.75, 3.05) is 66.1 Å². The monoisotopic (exact) mass is 352 g/mol. The van der Waals surface area contributed by atoms with E-state index in [1.807, 2.05) is 0 Å². The van der Waals surface area contributed by atoms with E-state index in [9.17, 15) is 4.79 Å². The first-order chi connectivity index (χ1) is 11.6. The van der Waals surface area contributed by atoms with Crippen molar-refractivity contribution in [1.29, 1.82) is 0 Å². The second-order valence-corrected chi connectivity index (χ2v) is 4.63. The van der Waals surface area contributed by atoms with Crippen molar-refractivity contribution >= 4 is 5.97 Å². The average molecular weight is 352 g/mol. The Morgan fingerprint density at radius 1 is 0.750 bits per heavy atom. The number of hydrogen-bond acceptors (Lipinski definition) is 8. The Kier molecular flexibility index (Phi) is 23.1. The van der Waals surface area contributed by atoms with Gasteiger partial charge in [-0.25, -0.2) is 4.79 Å². The molecule has 24 heavy (non-hydrogen) atoms. The van der Waals surface area contributed by atoms with Crippen LogP contribution in [0.2, 0.25) is 0 Å². The summed E-state index contributed by atoms with van der Waals surface area (Å²) in [4.78, 5) is 11.0. The Hall–Kier alpha value is -1.03. The van der Waals surface area contributed by atoms with E-state index in [0.717, 1.165) is 12.8 Å². The van der Waals surface area contributed by atoms with Crippen molar-refractivity contribution in [2.24, 2.45) is 0 Å². The lowest BCUT2D eigenvalue weighted by Crippen LogP contribution is -2.14. The molecule has 0 radical (unpaired) electrons. The lowest BCUT2D eigenvalue weighted by molar-refractivity contribution is -0.140. The molecule has 0 bridgehead atoms. The number of aliphatic hydroxyl groups excluding tert-OH is 3. The molecule has 0 spiro atoms. The van der Waals surface area contributed by atoms with E-state index in [4.69, 9.17) is 34.3 Å². The van der Waals surface area contributed by atoms with E-state index < -0.39 is 5.97 Å². The molecule has 0 heterocycles. The summed E-state index contributed by atoms with van der Waals surface area (Å²) in [6, 6.07) is 0. The molecule has 0 saturated carbocycles. The molecule has 8 nitrogen and oxygen atoms in total. The van der Waals surface area contributed by atoms with Crippen LogP contribution < -0.4 is 0 Å². The zero-order valence-electron chi connectivity index (χ0n) is 14.6. The van der Waals surface area contributed by atoms with E-state index in [2.05, 4.69) is 6.58 Å². The lowest BCUT2D eigenvalue weighted by Gasteiger charge is -2.07. The highest BCUT2D eigenvalue weighted by atomic mass is 16.6. The zero-order chi connectivity index (χ0) is 18.5. The predicted octanol–water partition coefficient (Wildman–Crippen LogP) is -0.101. The maximum Gasteiger partial charge on any atom is 0.333 e. The molecule has 0 aromatic carbocycles. The molecular formula is C16H32O8. The van der Waals surface area contributed by atoms with Gasteiger partial charge in [0.25, 0.3) is 0 Å². The summed E-state index contributed by atoms with van der Waals surface area (Å²) in [5.74, 6) is -0.407. The fraction of sp³-hybridized carbons (Fsp3) is 0.812. The van der Waals surface area contributed by atoms with Gasteiger partial charge in [0.2, 0.25) is 0 Å². The number of hydrogen-bond donors (Lipinski definition) is 3. The molecule has 0 rings (SSSR count). The fourth-order valence-corrected chi connectivity index (χ4v) is 1.15. The van der Waals surface area contributed by atoms with Crippen LogP contribution >= 0.6 is 0 Å². The molecule has 3 N–H and O–H groups in total. The topological polar surface area (TPSA) is 115 Å². The van der Waals surface area contributed by atoms with Crippen LogP contribution in [0.25, 0.3) is 0 Å². The Morgan fingerprint density at radius 3 is 1.54 bits per heavy atom. The molecule has 8 heteroatoms. The van der Waals surface area contributed by atoms with Crippen LogP contribution in [0.4, 0.5) is 0 Å². The molecule has 0 atom stereocenters. The number of ether oxygens (including phenoxy) is 4. The highest BCUT2D eigenvalue weighted by molar-refractivity contribution is 5.86. The van der Waals surface area contributed by atoms with Crippen molar-refractivity contribution in [3.05, 3.63) is 12.2 Å². The number of carbonyl (C=O) groups excluding carboxylic acids is 1. The smallest absolute Gasteiger partial charge is 0.333 e. The highest BCUT2D eigenvalue weighted by Gasteiger charge is 2.01. The van der Waals surface area contributed by atoms with Gasteiger partial charge in [-0.15, -0.1) is 0 Å². The van der Waals surface area contributed by atoms with Crippen LogP contribution in [0.1, 0.15) is 19.8 Å². The van der Waals surface area contributed by atoms with Crippen LogP contribution in [0.5, 0.6) is 0 Å². The predicted molar refractivity (Wildman–Crippen MR) is 88.7 cm³/mol. The van der Waals surface area contributed by atoms with Gasteiger partial charge in [-0.1, -0.05) is 6.58 Å². The maximum absolute atomic E-state index is 11.0. The van der Waals surface area contributed by atoms with Crippen molar-refractivity contribution < 1.29 is 39.1 Å². The number of rotatable bonds is 15. The Morgan fingerprint density at radius 2 is 1.17 bits per heavy atom. The third-order valence-corrected chi connectivity index (χ3v) is 2.36. The normalized spacial score (nSPS) is 10.0. The van der Waals surface area contributed by atoms with Gasteiger partial charge in [-0.2, -0.15) is 0 Å². The standard InChI is InChI=1S/C12H22O6.C4H10O2/c1-11(2)12(14)18-10-9-17-8-7-16-6-5-15-4-3-13;5-3-1-2-4-6/h13H,1,3-10H2,2H3;5-6H,1-4H2. The summed E-state index contributed by atoms with van der Waals surface area (Å²) in [5.41, 5.74) is 0.376. The van der Waals surface area contributed by atoms with Crippen molar-refractivity contribution in [3.63, 3.8) is 0 Å². The second-order valence-electron chi connectivity index (χ2n) is 4.63. The van der Waals surface area contributed by atoms with Gasteiger partial charge in [0.05, 0.1) is 46.2 Å². The maximum atomic E-state index is 11.0. The third-order valence-electron chi connectivity index (χ3n) is 2.36. The minimum absolute atomic E-state index is 0.0199. The molecule has 144 valence electrons. The zero-order valence-corrected chi connectivity index (χ0v) is 14.6. The van der Waals surface area contributed by atoms with Crippen LogP contribution in [0, 0.1) is 0 Å². The van der Waals surface area contributed by atoms with Crippen LogP contribution in [-0.4, -0.2) is 87.4 Å². The van der Waals surface area contributed by atoms with Gasteiger partial charge in [0.15, 0.2) is 0 Å². The molecule has 0 aromatic rings. The molecule has 0 amide bonds. The number of esters is 1. The Bertz CT molecular complexity index is 279. The molecule has 0 aliphatic heterocycles. The first kappa shape index (κ1) is 25.2. The SMILES string of the molecule is C=C(C)C(=O)OCCOCCOCCOCCO.OCCCCO. The first-order valence-corrected chi connectivity index (χ1v) is 7.98. The second kappa shape index (κ2) is 22.0. The summed E-state index contributed by atoms with van der Waals surface area (Å²) in [6.07, 6.45) is 1.44. The van der Waals surface area contributed by atoms with Crippen LogP contribution in [0.3, 0.4) is 0 Å². The van der Waals surface area contributed by atoms with Gasteiger partial charge >= 0.3 is 5.97 Å². The van der Waals surface area contributed by atoms with E-state index in [0.29, 0.717) is 45.2 Å². The van der Waals surface area contributed by atoms with Crippen molar-refractivity contribution in [3.8, 4) is 0 Å². The van der Waals surface area contributed by atoms with Gasteiger partial charge in [-0.3, -0.25) is 0 Å². The first-order valence-electron chi connectivity index (χ1n) is 7.98. The molecule has 0 aliphatic carbocycles. The van der Waals surface area contributed by atoms with Crippen LogP contribution in [0.15, 0.2) is 12.2 Å². The largest absolute Gasteiger partial charge is 0.460 e. The molecule has 0 aliphatic rings. The number of unbranched alkanes of at least 4 members (excludes halogenated alkanes) is 1. The van der Waals surface area contributed by atoms with Crippen molar-refractivity contribution in [2.45, 2.75) is 19.8 Å². The molecule has 0 fully saturated rings. The molecule has 0 unspecified atom stereocenters. The van der Waals surface area contributed by atoms with Gasteiger partial charge in [0.1, 0.15) is 6.61 Å². The summed E-state index contributed by atoms with van der Waals surface area (Å²) >= 11 is 0. The van der Waals surface area contributed by atoms with Crippen LogP contribution in [-0.2, 0) is 23.7 Å². The fourth-order valence-electron chi connectivity index (χ4n) is 1.15. The summed E-state index contributed by atoms with van der Waals surface area (Å²) in [7, 11) is 0. The van der Waals surface area contributed by atoms with E-state index in [1.54, 1.807) is 6.92 Å². The third kappa shape index (κ3) is 23.2.